The number of nitrogens with zero attached hydrogens (tertiary/aromatic N) is 7. The van der Waals surface area contributed by atoms with Crippen LogP contribution in [0.25, 0.3) is 27.6 Å². The highest BCUT2D eigenvalue weighted by molar-refractivity contribution is 6.05. The van der Waals surface area contributed by atoms with Crippen LogP contribution in [0.5, 0.6) is 0 Å². The van der Waals surface area contributed by atoms with Crippen molar-refractivity contribution in [2.75, 3.05) is 63.2 Å². The van der Waals surface area contributed by atoms with Gasteiger partial charge in [0, 0.05) is 95.0 Å². The minimum absolute atomic E-state index is 0.00531. The number of fused-ring (bicyclic) bond motifs is 1. The zero-order chi connectivity index (χ0) is 41.5. The second-order valence-electron chi connectivity index (χ2n) is 15.2. The molecule has 2 N–H and O–H groups in total. The summed E-state index contributed by atoms with van der Waals surface area (Å²) in [5.41, 5.74) is 1.37. The molecule has 8 rings (SSSR count). The lowest BCUT2D eigenvalue weighted by Gasteiger charge is -2.37. The zero-order valence-electron chi connectivity index (χ0n) is 32.4. The van der Waals surface area contributed by atoms with Gasteiger partial charge >= 0.3 is 0 Å². The fourth-order valence-corrected chi connectivity index (χ4v) is 8.13. The Kier molecular flexibility index (Phi) is 10.7. The molecule has 1 atom stereocenters. The molecule has 1 unspecified atom stereocenters. The van der Waals surface area contributed by atoms with E-state index in [0.717, 1.165) is 12.1 Å². The van der Waals surface area contributed by atoms with Gasteiger partial charge in [-0.1, -0.05) is 17.4 Å². The third-order valence-electron chi connectivity index (χ3n) is 11.3. The summed E-state index contributed by atoms with van der Waals surface area (Å²) < 4.78 is 66.1. The van der Waals surface area contributed by atoms with Crippen molar-refractivity contribution in [1.29, 1.82) is 0 Å². The molecule has 59 heavy (non-hydrogen) atoms. The number of amides is 4. The molecule has 0 radical (unpaired) electrons. The van der Waals surface area contributed by atoms with Crippen molar-refractivity contribution in [2.24, 2.45) is 0 Å². The van der Waals surface area contributed by atoms with E-state index in [9.17, 15) is 19.2 Å². The van der Waals surface area contributed by atoms with Crippen LogP contribution in [-0.2, 0) is 20.9 Å². The third kappa shape index (κ3) is 7.76. The molecule has 306 valence electrons. The van der Waals surface area contributed by atoms with E-state index in [2.05, 4.69) is 20.6 Å². The van der Waals surface area contributed by atoms with E-state index >= 15 is 17.6 Å². The van der Waals surface area contributed by atoms with Crippen molar-refractivity contribution in [3.63, 3.8) is 0 Å². The Labute approximate surface area is 336 Å². The van der Waals surface area contributed by atoms with Crippen LogP contribution in [0.15, 0.2) is 60.9 Å². The number of hydrogen-bond acceptors (Lipinski definition) is 8. The van der Waals surface area contributed by atoms with E-state index < -0.39 is 41.0 Å². The average molecular weight is 812 g/mol. The van der Waals surface area contributed by atoms with Gasteiger partial charge in [0.2, 0.25) is 17.7 Å². The van der Waals surface area contributed by atoms with E-state index in [1.165, 1.54) is 29.3 Å². The number of nitrogens with one attached hydrogen (secondary N) is 2. The lowest BCUT2D eigenvalue weighted by Crippen LogP contribution is -2.47. The average Bonchev–Trinajstić information content (AvgIpc) is 3.92. The van der Waals surface area contributed by atoms with Gasteiger partial charge in [-0.3, -0.25) is 29.2 Å². The molecule has 0 aliphatic carbocycles. The number of carbonyl (C=O) groups is 4. The van der Waals surface area contributed by atoms with Gasteiger partial charge in [0.05, 0.1) is 35.6 Å². The highest BCUT2D eigenvalue weighted by Crippen LogP contribution is 2.40. The van der Waals surface area contributed by atoms with Crippen LogP contribution in [0.3, 0.4) is 0 Å². The summed E-state index contributed by atoms with van der Waals surface area (Å²) >= 11 is 0. The van der Waals surface area contributed by atoms with Crippen molar-refractivity contribution in [2.45, 2.75) is 38.1 Å². The Morgan fingerprint density at radius 3 is 2.31 bits per heavy atom. The molecule has 5 aromatic rings. The molecular formula is C42H41F4N9O4. The number of piperidine rings is 1. The maximum atomic E-state index is 16.5. The fourth-order valence-electron chi connectivity index (χ4n) is 8.13. The first-order chi connectivity index (χ1) is 28.4. The Morgan fingerprint density at radius 2 is 1.61 bits per heavy atom. The molecule has 13 nitrogen and oxygen atoms in total. The van der Waals surface area contributed by atoms with Crippen LogP contribution in [0.1, 0.15) is 53.2 Å². The summed E-state index contributed by atoms with van der Waals surface area (Å²) in [6.07, 6.45) is 6.06. The number of anilines is 2. The van der Waals surface area contributed by atoms with Crippen molar-refractivity contribution >= 4 is 51.5 Å². The van der Waals surface area contributed by atoms with Gasteiger partial charge in [-0.2, -0.15) is 0 Å². The minimum Gasteiger partial charge on any atom is -0.366 e. The number of benzene rings is 3. The molecule has 2 aromatic heterocycles. The monoisotopic (exact) mass is 811 g/mol. The smallest absolute Gasteiger partial charge is 0.269 e. The van der Waals surface area contributed by atoms with E-state index in [1.807, 2.05) is 6.08 Å². The number of rotatable bonds is 9. The predicted molar refractivity (Wildman–Crippen MR) is 211 cm³/mol. The molecule has 3 aliphatic heterocycles. The lowest BCUT2D eigenvalue weighted by molar-refractivity contribution is -0.134. The van der Waals surface area contributed by atoms with E-state index in [4.69, 9.17) is 0 Å². The maximum absolute atomic E-state index is 16.5. The number of H-pyrrole nitrogens is 1. The number of carbonyl (C=O) groups excluding carboxylic acids is 4. The summed E-state index contributed by atoms with van der Waals surface area (Å²) in [5.74, 6) is -4.77. The number of aromatic nitrogens is 4. The van der Waals surface area contributed by atoms with Gasteiger partial charge in [-0.05, 0) is 59.9 Å². The molecule has 3 aromatic carbocycles. The molecule has 4 amide bonds. The number of aryl methyl sites for hydroxylation is 1. The third-order valence-corrected chi connectivity index (χ3v) is 11.3. The van der Waals surface area contributed by atoms with Crippen LogP contribution in [0.4, 0.5) is 28.9 Å². The first-order valence-electron chi connectivity index (χ1n) is 19.4. The number of piperazine rings is 1. The Bertz CT molecular complexity index is 2510. The molecule has 0 spiro atoms. The molecule has 3 aliphatic rings. The van der Waals surface area contributed by atoms with Gasteiger partial charge in [0.1, 0.15) is 23.1 Å². The first-order valence-corrected chi connectivity index (χ1v) is 19.4. The normalized spacial score (nSPS) is 17.4. The Balaban J connectivity index is 1.05. The summed E-state index contributed by atoms with van der Waals surface area (Å²) in [7, 11) is 3.09. The Hall–Kier alpha value is -6.52. The van der Waals surface area contributed by atoms with Gasteiger partial charge in [0.25, 0.3) is 5.91 Å². The summed E-state index contributed by atoms with van der Waals surface area (Å²) in [6, 6.07) is 9.60. The molecule has 2 saturated heterocycles. The van der Waals surface area contributed by atoms with Gasteiger partial charge in [-0.15, -0.1) is 5.10 Å². The van der Waals surface area contributed by atoms with Crippen molar-refractivity contribution < 1.29 is 36.7 Å². The van der Waals surface area contributed by atoms with Crippen LogP contribution in [0.2, 0.25) is 0 Å². The molecule has 0 bridgehead atoms. The molecule has 2 fully saturated rings. The SMILES string of the molecule is CN(C)C(=O)c1cc2c(-c3cc(F)c(N4CCN(c5ccc(C6CCC(=O)NC6=O)cc5F)CC4)cc3F)cc(C3=CCCN(C(=O)CCn4ccnn4)C3)c(F)c2[nH]1. The second kappa shape index (κ2) is 16.0. The second-order valence-corrected chi connectivity index (χ2v) is 15.2. The largest absolute Gasteiger partial charge is 0.366 e. The highest BCUT2D eigenvalue weighted by Gasteiger charge is 2.31. The number of aromatic amines is 1. The fraction of sp³-hybridized carbons (Fsp3) is 0.333. The van der Waals surface area contributed by atoms with E-state index in [-0.39, 0.29) is 83.3 Å². The quantitative estimate of drug-likeness (QED) is 0.152. The summed E-state index contributed by atoms with van der Waals surface area (Å²) in [5, 5.41) is 10.1. The number of hydrogen-bond donors (Lipinski definition) is 2. The Morgan fingerprint density at radius 1 is 0.864 bits per heavy atom. The number of imide groups is 1. The molecule has 17 heteroatoms. The van der Waals surface area contributed by atoms with Crippen molar-refractivity contribution in [3.8, 4) is 11.1 Å². The molecule has 0 saturated carbocycles. The van der Waals surface area contributed by atoms with Gasteiger partial charge < -0.3 is 24.6 Å². The van der Waals surface area contributed by atoms with Crippen molar-refractivity contribution in [3.05, 3.63) is 101 Å². The predicted octanol–water partition coefficient (Wildman–Crippen LogP) is 5.24. The highest BCUT2D eigenvalue weighted by atomic mass is 19.1. The minimum atomic E-state index is -0.776. The van der Waals surface area contributed by atoms with Crippen molar-refractivity contribution in [1.82, 2.24) is 35.1 Å². The maximum Gasteiger partial charge on any atom is 0.269 e. The summed E-state index contributed by atoms with van der Waals surface area (Å²) in [4.78, 5) is 59.4. The first kappa shape index (κ1) is 39.3. The standard InChI is InChI=1S/C42H41F4N9O4/c1-51(2)42(59)34-21-30-28(19-27(39(46)40(30)48-34)25-4-3-11-54(23-25)38(57)9-12-55-13-10-47-50-55)29-20-33(45)36(22-31(29)43)53-16-14-52(15-17-53)35-7-5-24(18-32(35)44)26-6-8-37(56)49-41(26)58/h4-5,7,10,13,18-22,26,48H,3,6,8-9,11-12,14-17,23H2,1-2H3,(H,49,56,58). The zero-order valence-corrected chi connectivity index (χ0v) is 32.4. The van der Waals surface area contributed by atoms with Crippen LogP contribution < -0.4 is 15.1 Å². The number of halogens is 4. The molecular weight excluding hydrogens is 771 g/mol. The van der Waals surface area contributed by atoms with E-state index in [1.54, 1.807) is 51.8 Å². The van der Waals surface area contributed by atoms with Crippen LogP contribution in [0, 0.1) is 23.3 Å². The van der Waals surface area contributed by atoms with Gasteiger partial charge in [0.15, 0.2) is 5.82 Å². The summed E-state index contributed by atoms with van der Waals surface area (Å²) in [6.45, 7) is 1.89. The van der Waals surface area contributed by atoms with Crippen LogP contribution >= 0.6 is 0 Å². The van der Waals surface area contributed by atoms with E-state index in [0.29, 0.717) is 55.8 Å². The molecule has 5 heterocycles. The lowest BCUT2D eigenvalue weighted by atomic mass is 9.90. The topological polar surface area (TPSA) is 140 Å². The van der Waals surface area contributed by atoms with Crippen LogP contribution in [-0.4, -0.2) is 107 Å². The van der Waals surface area contributed by atoms with Gasteiger partial charge in [-0.25, -0.2) is 17.6 Å².